The topological polar surface area (TPSA) is 59.4 Å². The summed E-state index contributed by atoms with van der Waals surface area (Å²) in [7, 11) is 0. The predicted molar refractivity (Wildman–Crippen MR) is 53.7 cm³/mol. The molecule has 1 aliphatic rings. The van der Waals surface area contributed by atoms with Gasteiger partial charge < -0.3 is 9.72 Å². The lowest BCUT2D eigenvalue weighted by Gasteiger charge is -2.03. The van der Waals surface area contributed by atoms with Crippen LogP contribution in [0.15, 0.2) is 23.3 Å². The maximum absolute atomic E-state index is 11.4. The van der Waals surface area contributed by atoms with Crippen molar-refractivity contribution >= 4 is 5.52 Å². The maximum atomic E-state index is 11.4. The van der Waals surface area contributed by atoms with Crippen LogP contribution in [0.5, 0.6) is 0 Å². The molecule has 78 valence electrons. The van der Waals surface area contributed by atoms with Crippen LogP contribution in [0, 0.1) is 0 Å². The molecule has 0 amide bonds. The summed E-state index contributed by atoms with van der Waals surface area (Å²) < 4.78 is 7.11. The van der Waals surface area contributed by atoms with Gasteiger partial charge in [-0.25, -0.2) is 4.52 Å². The second-order valence-electron chi connectivity index (χ2n) is 3.69. The van der Waals surface area contributed by atoms with Crippen LogP contribution in [-0.2, 0) is 4.74 Å². The molecule has 2 aromatic rings. The molecule has 5 heteroatoms. The van der Waals surface area contributed by atoms with Crippen molar-refractivity contribution in [3.63, 3.8) is 0 Å². The Labute approximate surface area is 85.7 Å². The summed E-state index contributed by atoms with van der Waals surface area (Å²) in [6.07, 6.45) is 5.43. The zero-order valence-electron chi connectivity index (χ0n) is 8.14. The summed E-state index contributed by atoms with van der Waals surface area (Å²) in [6, 6.07) is 1.80. The molecule has 0 unspecified atom stereocenters. The molecule has 1 saturated heterocycles. The zero-order chi connectivity index (χ0) is 10.3. The van der Waals surface area contributed by atoms with Crippen LogP contribution in [0.4, 0.5) is 0 Å². The van der Waals surface area contributed by atoms with Crippen molar-refractivity contribution in [3.8, 4) is 0 Å². The van der Waals surface area contributed by atoms with Crippen molar-refractivity contribution < 1.29 is 4.74 Å². The number of H-pyrrole nitrogens is 1. The highest BCUT2D eigenvalue weighted by Gasteiger charge is 2.20. The minimum absolute atomic E-state index is 0.0595. The van der Waals surface area contributed by atoms with Gasteiger partial charge in [0.15, 0.2) is 0 Å². The molecule has 2 aromatic heterocycles. The van der Waals surface area contributed by atoms with E-state index in [4.69, 9.17) is 4.74 Å². The van der Waals surface area contributed by atoms with Crippen molar-refractivity contribution in [2.24, 2.45) is 0 Å². The van der Waals surface area contributed by atoms with E-state index in [9.17, 15) is 4.79 Å². The molecule has 0 bridgehead atoms. The van der Waals surface area contributed by atoms with Crippen molar-refractivity contribution in [2.75, 3.05) is 6.61 Å². The van der Waals surface area contributed by atoms with Crippen LogP contribution >= 0.6 is 0 Å². The molecule has 5 nitrogen and oxygen atoms in total. The largest absolute Gasteiger partial charge is 0.372 e. The summed E-state index contributed by atoms with van der Waals surface area (Å²) in [4.78, 5) is 14.1. The van der Waals surface area contributed by atoms with Crippen molar-refractivity contribution in [1.82, 2.24) is 14.6 Å². The lowest BCUT2D eigenvalue weighted by atomic mass is 10.2. The Morgan fingerprint density at radius 2 is 2.53 bits per heavy atom. The van der Waals surface area contributed by atoms with E-state index >= 15 is 0 Å². The molecular formula is C10H11N3O2. The Morgan fingerprint density at radius 1 is 1.60 bits per heavy atom. The average Bonchev–Trinajstić information content (AvgIpc) is 2.86. The third kappa shape index (κ3) is 1.35. The van der Waals surface area contributed by atoms with Gasteiger partial charge in [-0.05, 0) is 18.9 Å². The van der Waals surface area contributed by atoms with Gasteiger partial charge in [-0.15, -0.1) is 0 Å². The van der Waals surface area contributed by atoms with Gasteiger partial charge in [0.1, 0.15) is 11.6 Å². The molecule has 1 fully saturated rings. The Balaban J connectivity index is 2.13. The molecular weight excluding hydrogens is 194 g/mol. The highest BCUT2D eigenvalue weighted by atomic mass is 16.5. The smallest absolute Gasteiger partial charge is 0.273 e. The van der Waals surface area contributed by atoms with E-state index in [1.165, 1.54) is 0 Å². The summed E-state index contributed by atoms with van der Waals surface area (Å²) in [5.74, 6) is 0. The third-order valence-electron chi connectivity index (χ3n) is 2.68. The first-order valence-corrected chi connectivity index (χ1v) is 5.03. The number of hydrogen-bond acceptors (Lipinski definition) is 3. The molecule has 0 spiro atoms. The van der Waals surface area contributed by atoms with Gasteiger partial charge in [0.05, 0.1) is 5.69 Å². The van der Waals surface area contributed by atoms with Crippen molar-refractivity contribution in [3.05, 3.63) is 34.5 Å². The fraction of sp³-hybridized carbons (Fsp3) is 0.400. The number of ether oxygens (including phenoxy) is 1. The van der Waals surface area contributed by atoms with Crippen molar-refractivity contribution in [2.45, 2.75) is 18.9 Å². The highest BCUT2D eigenvalue weighted by molar-refractivity contribution is 5.45. The van der Waals surface area contributed by atoms with E-state index in [0.29, 0.717) is 5.52 Å². The molecule has 3 rings (SSSR count). The van der Waals surface area contributed by atoms with Crippen LogP contribution in [0.2, 0.25) is 0 Å². The second kappa shape index (κ2) is 3.20. The SMILES string of the molecule is O=c1[nH]ccn2nc([C@@H]3CCCO3)cc12. The van der Waals surface area contributed by atoms with Gasteiger partial charge in [-0.2, -0.15) is 5.10 Å². The first-order valence-electron chi connectivity index (χ1n) is 5.03. The molecule has 1 atom stereocenters. The lowest BCUT2D eigenvalue weighted by Crippen LogP contribution is -2.07. The fourth-order valence-electron chi connectivity index (χ4n) is 1.92. The lowest BCUT2D eigenvalue weighted by molar-refractivity contribution is 0.108. The van der Waals surface area contributed by atoms with Crippen LogP contribution in [0.1, 0.15) is 24.6 Å². The third-order valence-corrected chi connectivity index (χ3v) is 2.68. The van der Waals surface area contributed by atoms with Gasteiger partial charge >= 0.3 is 0 Å². The number of nitrogens with one attached hydrogen (secondary N) is 1. The van der Waals surface area contributed by atoms with E-state index < -0.39 is 0 Å². The van der Waals surface area contributed by atoms with Crippen LogP contribution in [0.3, 0.4) is 0 Å². The van der Waals surface area contributed by atoms with Crippen LogP contribution in [0.25, 0.3) is 5.52 Å². The van der Waals surface area contributed by atoms with Gasteiger partial charge in [0, 0.05) is 19.0 Å². The maximum Gasteiger partial charge on any atom is 0.273 e. The predicted octanol–water partition coefficient (Wildman–Crippen LogP) is 0.874. The summed E-state index contributed by atoms with van der Waals surface area (Å²) in [6.45, 7) is 0.787. The Hall–Kier alpha value is -1.62. The molecule has 0 aromatic carbocycles. The monoisotopic (exact) mass is 205 g/mol. The Kier molecular flexibility index (Phi) is 1.85. The molecule has 0 saturated carbocycles. The number of aromatic nitrogens is 3. The quantitative estimate of drug-likeness (QED) is 0.751. The molecule has 0 aliphatic carbocycles. The number of hydrogen-bond donors (Lipinski definition) is 1. The number of rotatable bonds is 1. The first kappa shape index (κ1) is 8.67. The standard InChI is InChI=1S/C10H11N3O2/c14-10-8-6-7(9-2-1-5-15-9)12-13(8)4-3-11-10/h3-4,6,9H,1-2,5H2,(H,11,14)/t9-/m0/s1. The molecule has 15 heavy (non-hydrogen) atoms. The van der Waals surface area contributed by atoms with Crippen molar-refractivity contribution in [1.29, 1.82) is 0 Å². The van der Waals surface area contributed by atoms with Gasteiger partial charge in [-0.1, -0.05) is 0 Å². The number of fused-ring (bicyclic) bond motifs is 1. The minimum Gasteiger partial charge on any atom is -0.372 e. The second-order valence-corrected chi connectivity index (χ2v) is 3.69. The summed E-state index contributed by atoms with van der Waals surface area (Å²) in [5.41, 5.74) is 1.31. The normalized spacial score (nSPS) is 21.2. The summed E-state index contributed by atoms with van der Waals surface area (Å²) >= 11 is 0. The summed E-state index contributed by atoms with van der Waals surface area (Å²) in [5, 5.41) is 4.33. The van der Waals surface area contributed by atoms with E-state index in [1.807, 2.05) is 0 Å². The van der Waals surface area contributed by atoms with E-state index in [-0.39, 0.29) is 11.7 Å². The van der Waals surface area contributed by atoms with Gasteiger partial charge in [0.25, 0.3) is 5.56 Å². The Bertz CT molecular complexity index is 537. The van der Waals surface area contributed by atoms with Crippen LogP contribution in [-0.4, -0.2) is 21.2 Å². The van der Waals surface area contributed by atoms with E-state index in [1.54, 1.807) is 23.0 Å². The highest BCUT2D eigenvalue weighted by Crippen LogP contribution is 2.27. The average molecular weight is 205 g/mol. The minimum atomic E-state index is -0.116. The molecule has 1 N–H and O–H groups in total. The van der Waals surface area contributed by atoms with E-state index in [0.717, 1.165) is 25.1 Å². The molecule has 3 heterocycles. The van der Waals surface area contributed by atoms with Gasteiger partial charge in [0.2, 0.25) is 0 Å². The number of nitrogens with zero attached hydrogens (tertiary/aromatic N) is 2. The fourth-order valence-corrected chi connectivity index (χ4v) is 1.92. The first-order chi connectivity index (χ1) is 7.34. The molecule has 0 radical (unpaired) electrons. The molecule has 1 aliphatic heterocycles. The van der Waals surface area contributed by atoms with Crippen LogP contribution < -0.4 is 5.56 Å². The van der Waals surface area contributed by atoms with Gasteiger partial charge in [-0.3, -0.25) is 4.79 Å². The number of aromatic amines is 1. The zero-order valence-corrected chi connectivity index (χ0v) is 8.14. The Morgan fingerprint density at radius 3 is 3.27 bits per heavy atom. The van der Waals surface area contributed by atoms with E-state index in [2.05, 4.69) is 10.1 Å².